The Morgan fingerprint density at radius 1 is 1.62 bits per heavy atom. The van der Waals surface area contributed by atoms with Gasteiger partial charge in [0.2, 0.25) is 0 Å². The highest BCUT2D eigenvalue weighted by atomic mass is 14.9. The molecule has 1 fully saturated rings. The molecule has 0 saturated heterocycles. The third-order valence-corrected chi connectivity index (χ3v) is 2.49. The zero-order valence-corrected chi connectivity index (χ0v) is 8.12. The Kier molecular flexibility index (Phi) is 2.13. The summed E-state index contributed by atoms with van der Waals surface area (Å²) in [4.78, 5) is 8.77. The zero-order chi connectivity index (χ0) is 9.26. The van der Waals surface area contributed by atoms with Crippen LogP contribution in [0.5, 0.6) is 0 Å². The highest BCUT2D eigenvalue weighted by Crippen LogP contribution is 2.32. The standard InChI is InChI=1S/C11H14N2/c1-3-9-7-10(9)13-11-8(2)5-4-6-12-11/h4-6,9H,3,7H2,1-2H3/b13-10-. The van der Waals surface area contributed by atoms with Crippen LogP contribution in [0.1, 0.15) is 25.3 Å². The summed E-state index contributed by atoms with van der Waals surface area (Å²) in [6.45, 7) is 4.26. The number of aliphatic imine (C=N–C) groups is 1. The van der Waals surface area contributed by atoms with Crippen molar-refractivity contribution in [1.82, 2.24) is 4.98 Å². The Balaban J connectivity index is 2.20. The predicted octanol–water partition coefficient (Wildman–Crippen LogP) is 2.89. The van der Waals surface area contributed by atoms with Gasteiger partial charge in [0.1, 0.15) is 0 Å². The summed E-state index contributed by atoms with van der Waals surface area (Å²) in [5.41, 5.74) is 2.49. The van der Waals surface area contributed by atoms with E-state index in [1.165, 1.54) is 18.6 Å². The Hall–Kier alpha value is -1.18. The lowest BCUT2D eigenvalue weighted by Crippen LogP contribution is -1.81. The summed E-state index contributed by atoms with van der Waals surface area (Å²) in [5.74, 6) is 1.63. The average Bonchev–Trinajstić information content (AvgIpc) is 2.88. The second kappa shape index (κ2) is 3.29. The van der Waals surface area contributed by atoms with E-state index in [0.717, 1.165) is 17.3 Å². The molecule has 13 heavy (non-hydrogen) atoms. The van der Waals surface area contributed by atoms with Crippen LogP contribution in [0.3, 0.4) is 0 Å². The second-order valence-electron chi connectivity index (χ2n) is 3.56. The molecule has 0 aromatic carbocycles. The number of hydrogen-bond acceptors (Lipinski definition) is 2. The minimum absolute atomic E-state index is 0.737. The van der Waals surface area contributed by atoms with Crippen LogP contribution in [-0.4, -0.2) is 10.7 Å². The molecule has 1 aliphatic rings. The van der Waals surface area contributed by atoms with E-state index < -0.39 is 0 Å². The van der Waals surface area contributed by atoms with Crippen molar-refractivity contribution < 1.29 is 0 Å². The first kappa shape index (κ1) is 8.42. The van der Waals surface area contributed by atoms with Gasteiger partial charge >= 0.3 is 0 Å². The minimum Gasteiger partial charge on any atom is -0.238 e. The lowest BCUT2D eigenvalue weighted by atomic mass is 10.3. The molecule has 0 radical (unpaired) electrons. The Bertz CT molecular complexity index is 342. The molecule has 0 N–H and O–H groups in total. The van der Waals surface area contributed by atoms with E-state index in [1.54, 1.807) is 6.20 Å². The van der Waals surface area contributed by atoms with Gasteiger partial charge in [-0.3, -0.25) is 0 Å². The van der Waals surface area contributed by atoms with Gasteiger partial charge in [0.05, 0.1) is 0 Å². The van der Waals surface area contributed by atoms with E-state index in [9.17, 15) is 0 Å². The fraction of sp³-hybridized carbons (Fsp3) is 0.455. The minimum atomic E-state index is 0.737. The highest BCUT2D eigenvalue weighted by Gasteiger charge is 2.29. The van der Waals surface area contributed by atoms with Gasteiger partial charge in [-0.25, -0.2) is 9.98 Å². The average molecular weight is 174 g/mol. The van der Waals surface area contributed by atoms with Crippen LogP contribution in [0.4, 0.5) is 5.82 Å². The predicted molar refractivity (Wildman–Crippen MR) is 54.5 cm³/mol. The van der Waals surface area contributed by atoms with Gasteiger partial charge in [0, 0.05) is 17.8 Å². The summed E-state index contributed by atoms with van der Waals surface area (Å²) in [5, 5.41) is 0. The van der Waals surface area contributed by atoms with Crippen LogP contribution in [0, 0.1) is 12.8 Å². The number of rotatable bonds is 2. The first-order chi connectivity index (χ1) is 6.31. The SMILES string of the molecule is CCC1C/C1=N/c1ncccc1C. The quantitative estimate of drug-likeness (QED) is 0.676. The molecule has 1 unspecified atom stereocenters. The summed E-state index contributed by atoms with van der Waals surface area (Å²) in [6, 6.07) is 4.00. The summed E-state index contributed by atoms with van der Waals surface area (Å²) < 4.78 is 0. The largest absolute Gasteiger partial charge is 0.238 e. The molecule has 1 aromatic rings. The van der Waals surface area contributed by atoms with Crippen LogP contribution in [0.25, 0.3) is 0 Å². The van der Waals surface area contributed by atoms with Crippen molar-refractivity contribution in [2.75, 3.05) is 0 Å². The lowest BCUT2D eigenvalue weighted by molar-refractivity contribution is 0.840. The molecular weight excluding hydrogens is 160 g/mol. The van der Waals surface area contributed by atoms with Crippen molar-refractivity contribution in [2.45, 2.75) is 26.7 Å². The maximum atomic E-state index is 4.53. The number of aryl methyl sites for hydroxylation is 1. The van der Waals surface area contributed by atoms with Gasteiger partial charge in [-0.1, -0.05) is 13.0 Å². The lowest BCUT2D eigenvalue weighted by Gasteiger charge is -1.95. The van der Waals surface area contributed by atoms with Gasteiger partial charge in [-0.2, -0.15) is 0 Å². The van der Waals surface area contributed by atoms with Gasteiger partial charge < -0.3 is 0 Å². The van der Waals surface area contributed by atoms with Crippen LogP contribution in [0.2, 0.25) is 0 Å². The summed E-state index contributed by atoms with van der Waals surface area (Å²) in [7, 11) is 0. The van der Waals surface area contributed by atoms with Crippen LogP contribution < -0.4 is 0 Å². The monoisotopic (exact) mass is 174 g/mol. The maximum Gasteiger partial charge on any atom is 0.154 e. The van der Waals surface area contributed by atoms with E-state index >= 15 is 0 Å². The van der Waals surface area contributed by atoms with Crippen molar-refractivity contribution in [3.05, 3.63) is 23.9 Å². The van der Waals surface area contributed by atoms with Crippen molar-refractivity contribution in [2.24, 2.45) is 10.9 Å². The molecule has 1 aliphatic carbocycles. The maximum absolute atomic E-state index is 4.53. The fourth-order valence-corrected chi connectivity index (χ4v) is 1.44. The molecule has 0 spiro atoms. The Morgan fingerprint density at radius 3 is 3.08 bits per heavy atom. The van der Waals surface area contributed by atoms with E-state index in [0.29, 0.717) is 0 Å². The molecule has 68 valence electrons. The fourth-order valence-electron chi connectivity index (χ4n) is 1.44. The van der Waals surface area contributed by atoms with E-state index in [2.05, 4.69) is 29.9 Å². The number of pyridine rings is 1. The topological polar surface area (TPSA) is 25.2 Å². The molecule has 1 aromatic heterocycles. The molecule has 1 heterocycles. The molecular formula is C11H14N2. The van der Waals surface area contributed by atoms with E-state index in [-0.39, 0.29) is 0 Å². The molecule has 1 saturated carbocycles. The van der Waals surface area contributed by atoms with Crippen LogP contribution in [0.15, 0.2) is 23.3 Å². The summed E-state index contributed by atoms with van der Waals surface area (Å²) >= 11 is 0. The normalized spacial score (nSPS) is 23.5. The Labute approximate surface area is 78.7 Å². The first-order valence-electron chi connectivity index (χ1n) is 4.80. The highest BCUT2D eigenvalue weighted by molar-refractivity contribution is 6.02. The first-order valence-corrected chi connectivity index (χ1v) is 4.80. The molecule has 2 rings (SSSR count). The van der Waals surface area contributed by atoms with Crippen LogP contribution >= 0.6 is 0 Å². The third kappa shape index (κ3) is 1.77. The zero-order valence-electron chi connectivity index (χ0n) is 8.12. The third-order valence-electron chi connectivity index (χ3n) is 2.49. The number of hydrogen-bond donors (Lipinski definition) is 0. The molecule has 2 heteroatoms. The number of nitrogens with zero attached hydrogens (tertiary/aromatic N) is 2. The van der Waals surface area contributed by atoms with E-state index in [4.69, 9.17) is 0 Å². The van der Waals surface area contributed by atoms with Crippen LogP contribution in [-0.2, 0) is 0 Å². The van der Waals surface area contributed by atoms with E-state index in [1.807, 2.05) is 6.07 Å². The van der Waals surface area contributed by atoms with Crippen molar-refractivity contribution in [1.29, 1.82) is 0 Å². The smallest absolute Gasteiger partial charge is 0.154 e. The molecule has 0 amide bonds. The van der Waals surface area contributed by atoms with Gasteiger partial charge in [-0.15, -0.1) is 0 Å². The van der Waals surface area contributed by atoms with Gasteiger partial charge in [0.25, 0.3) is 0 Å². The second-order valence-corrected chi connectivity index (χ2v) is 3.56. The molecule has 0 bridgehead atoms. The van der Waals surface area contributed by atoms with Gasteiger partial charge in [-0.05, 0) is 31.4 Å². The number of aromatic nitrogens is 1. The van der Waals surface area contributed by atoms with Crippen molar-refractivity contribution >= 4 is 11.5 Å². The van der Waals surface area contributed by atoms with Crippen molar-refractivity contribution in [3.8, 4) is 0 Å². The van der Waals surface area contributed by atoms with Crippen molar-refractivity contribution in [3.63, 3.8) is 0 Å². The molecule has 2 nitrogen and oxygen atoms in total. The van der Waals surface area contributed by atoms with Gasteiger partial charge in [0.15, 0.2) is 5.82 Å². The summed E-state index contributed by atoms with van der Waals surface area (Å²) in [6.07, 6.45) is 4.19. The molecule has 1 atom stereocenters. The Morgan fingerprint density at radius 2 is 2.46 bits per heavy atom. The molecule has 0 aliphatic heterocycles.